The number of hydrogen-bond donors (Lipinski definition) is 3. The Morgan fingerprint density at radius 2 is 1.55 bits per heavy atom. The fourth-order valence-corrected chi connectivity index (χ4v) is 8.47. The quantitative estimate of drug-likeness (QED) is 0.0561. The molecule has 71 heavy (non-hydrogen) atoms. The van der Waals surface area contributed by atoms with E-state index in [9.17, 15) is 41.8 Å². The Morgan fingerprint density at radius 3 is 2.11 bits per heavy atom. The predicted octanol–water partition coefficient (Wildman–Crippen LogP) is 6.33. The number of rotatable bonds is 16. The summed E-state index contributed by atoms with van der Waals surface area (Å²) in [6, 6.07) is 19.7. The number of ether oxygens (including phenoxy) is 3. The number of halogens is 4. The SMILES string of the molecule is CC(C)(C)[C@H](NC(=O)COc1ccc(OCCOc2ccc(N3C(=S)N(c4cnc(C#N)c(C(F)(F)F)c4)C(=O)C3(C)C)cc2)cc1)C(=O)N1C[C@H](O)C[C@H]1C(=O)NCc1ccc(-c2ocnc2F)cc1. The van der Waals surface area contributed by atoms with E-state index >= 15 is 0 Å². The summed E-state index contributed by atoms with van der Waals surface area (Å²) < 4.78 is 77.3. The van der Waals surface area contributed by atoms with E-state index in [2.05, 4.69) is 20.6 Å². The minimum Gasteiger partial charge on any atom is -0.490 e. The van der Waals surface area contributed by atoms with Crippen molar-refractivity contribution in [2.45, 2.75) is 77.5 Å². The third kappa shape index (κ3) is 11.5. The maximum atomic E-state index is 14.0. The number of carbonyl (C=O) groups excluding carboxylic acids is 4. The number of thiocarbonyl (C=S) groups is 1. The summed E-state index contributed by atoms with van der Waals surface area (Å²) >= 11 is 5.59. The van der Waals surface area contributed by atoms with Crippen molar-refractivity contribution in [2.75, 3.05) is 36.2 Å². The highest BCUT2D eigenvalue weighted by molar-refractivity contribution is 7.81. The smallest absolute Gasteiger partial charge is 0.419 e. The molecule has 0 bridgehead atoms. The molecule has 5 aromatic rings. The predicted molar refractivity (Wildman–Crippen MR) is 251 cm³/mol. The number of nitriles is 1. The molecule has 0 spiro atoms. The van der Waals surface area contributed by atoms with Gasteiger partial charge >= 0.3 is 6.18 Å². The van der Waals surface area contributed by atoms with Crippen molar-refractivity contribution in [3.05, 3.63) is 114 Å². The average molecular weight is 1000 g/mol. The fraction of sp³-hybridized carbons (Fsp3) is 0.347. The van der Waals surface area contributed by atoms with Gasteiger partial charge in [0.1, 0.15) is 54.2 Å². The van der Waals surface area contributed by atoms with Crippen LogP contribution >= 0.6 is 12.2 Å². The van der Waals surface area contributed by atoms with Crippen LogP contribution in [-0.2, 0) is 31.9 Å². The summed E-state index contributed by atoms with van der Waals surface area (Å²) in [4.78, 5) is 64.9. The van der Waals surface area contributed by atoms with Crippen LogP contribution in [0.15, 0.2) is 95.9 Å². The van der Waals surface area contributed by atoms with Gasteiger partial charge in [0.05, 0.1) is 23.6 Å². The van der Waals surface area contributed by atoms with Gasteiger partial charge in [0, 0.05) is 30.8 Å². The van der Waals surface area contributed by atoms with Gasteiger partial charge < -0.3 is 44.2 Å². The molecular formula is C49H48F4N8O9S. The molecule has 2 fully saturated rings. The molecule has 372 valence electrons. The lowest BCUT2D eigenvalue weighted by Crippen LogP contribution is -2.58. The summed E-state index contributed by atoms with van der Waals surface area (Å²) in [7, 11) is 0. The van der Waals surface area contributed by atoms with Gasteiger partial charge in [-0.1, -0.05) is 45.0 Å². The first-order valence-electron chi connectivity index (χ1n) is 22.1. The van der Waals surface area contributed by atoms with Crippen LogP contribution in [-0.4, -0.2) is 98.8 Å². The maximum Gasteiger partial charge on any atom is 0.419 e. The number of likely N-dealkylation sites (tertiary alicyclic amines) is 1. The first-order chi connectivity index (χ1) is 33.6. The Labute approximate surface area is 410 Å². The van der Waals surface area contributed by atoms with E-state index in [0.717, 1.165) is 17.5 Å². The molecule has 4 heterocycles. The molecule has 4 amide bonds. The molecule has 0 radical (unpaired) electrons. The first kappa shape index (κ1) is 51.2. The third-order valence-corrected chi connectivity index (χ3v) is 12.0. The molecule has 2 aromatic heterocycles. The van der Waals surface area contributed by atoms with Crippen molar-refractivity contribution in [1.82, 2.24) is 25.5 Å². The lowest BCUT2D eigenvalue weighted by Gasteiger charge is -2.35. The zero-order valence-corrected chi connectivity index (χ0v) is 39.8. The molecule has 2 aliphatic rings. The summed E-state index contributed by atoms with van der Waals surface area (Å²) in [5, 5.41) is 25.2. The van der Waals surface area contributed by atoms with E-state index in [4.69, 9.17) is 36.1 Å². The van der Waals surface area contributed by atoms with Gasteiger partial charge in [-0.05, 0) is 91.6 Å². The van der Waals surface area contributed by atoms with Crippen LogP contribution in [0.5, 0.6) is 17.2 Å². The molecule has 0 unspecified atom stereocenters. The number of nitrogens with zero attached hydrogens (tertiary/aromatic N) is 6. The van der Waals surface area contributed by atoms with Gasteiger partial charge in [0.15, 0.2) is 29.6 Å². The lowest BCUT2D eigenvalue weighted by atomic mass is 9.85. The number of β-amino-alcohol motifs (C(OH)–C–C–N with tert-alkyl or cyclic N) is 1. The zero-order chi connectivity index (χ0) is 51.4. The molecule has 3 N–H and O–H groups in total. The Bertz CT molecular complexity index is 2830. The Kier molecular flexibility index (Phi) is 15.0. The number of pyridine rings is 1. The minimum atomic E-state index is -4.89. The van der Waals surface area contributed by atoms with Crippen LogP contribution in [0.1, 0.15) is 57.9 Å². The summed E-state index contributed by atoms with van der Waals surface area (Å²) in [5.41, 5.74) is -2.79. The van der Waals surface area contributed by atoms with Crippen LogP contribution < -0.4 is 34.6 Å². The molecule has 0 aliphatic carbocycles. The number of carbonyl (C=O) groups is 4. The topological polar surface area (TPSA) is 213 Å². The van der Waals surface area contributed by atoms with Crippen molar-refractivity contribution < 1.29 is 60.5 Å². The highest BCUT2D eigenvalue weighted by atomic mass is 32.1. The molecule has 3 aromatic carbocycles. The molecule has 0 saturated carbocycles. The van der Waals surface area contributed by atoms with Crippen molar-refractivity contribution in [3.63, 3.8) is 0 Å². The van der Waals surface area contributed by atoms with Crippen LogP contribution in [0.2, 0.25) is 0 Å². The van der Waals surface area contributed by atoms with E-state index in [1.165, 1.54) is 15.9 Å². The third-order valence-electron chi connectivity index (χ3n) is 11.6. The Balaban J connectivity index is 0.863. The van der Waals surface area contributed by atoms with E-state index in [0.29, 0.717) is 40.1 Å². The molecule has 17 nitrogen and oxygen atoms in total. The van der Waals surface area contributed by atoms with Gasteiger partial charge in [0.2, 0.25) is 11.8 Å². The zero-order valence-electron chi connectivity index (χ0n) is 39.0. The molecule has 3 atom stereocenters. The van der Waals surface area contributed by atoms with Gasteiger partial charge in [0.25, 0.3) is 17.8 Å². The number of anilines is 2. The molecule has 7 rings (SSSR count). The number of aromatic nitrogens is 2. The highest BCUT2D eigenvalue weighted by Crippen LogP contribution is 2.39. The molecule has 22 heteroatoms. The molecule has 2 aliphatic heterocycles. The normalized spacial score (nSPS) is 17.2. The number of benzene rings is 3. The summed E-state index contributed by atoms with van der Waals surface area (Å²) in [6.07, 6.45) is -3.84. The number of hydrogen-bond acceptors (Lipinski definition) is 13. The van der Waals surface area contributed by atoms with Crippen LogP contribution in [0, 0.1) is 22.7 Å². The van der Waals surface area contributed by atoms with Crippen molar-refractivity contribution in [1.29, 1.82) is 5.26 Å². The van der Waals surface area contributed by atoms with Crippen LogP contribution in [0.25, 0.3) is 11.3 Å². The largest absolute Gasteiger partial charge is 0.490 e. The second-order valence-corrected chi connectivity index (χ2v) is 18.5. The second-order valence-electron chi connectivity index (χ2n) is 18.1. The average Bonchev–Trinajstić information content (AvgIpc) is 4.00. The van der Waals surface area contributed by atoms with Gasteiger partial charge in [-0.3, -0.25) is 24.1 Å². The minimum absolute atomic E-state index is 0.00168. The number of aliphatic hydroxyl groups excluding tert-OH is 1. The van der Waals surface area contributed by atoms with Crippen molar-refractivity contribution in [2.24, 2.45) is 5.41 Å². The van der Waals surface area contributed by atoms with Gasteiger partial charge in [-0.25, -0.2) is 4.98 Å². The lowest BCUT2D eigenvalue weighted by molar-refractivity contribution is -0.144. The van der Waals surface area contributed by atoms with Crippen molar-refractivity contribution >= 4 is 52.3 Å². The van der Waals surface area contributed by atoms with Gasteiger partial charge in [-0.15, -0.1) is 0 Å². The maximum absolute atomic E-state index is 14.0. The molecular weight excluding hydrogens is 953 g/mol. The van der Waals surface area contributed by atoms with Crippen LogP contribution in [0.3, 0.4) is 0 Å². The summed E-state index contributed by atoms with van der Waals surface area (Å²) in [6.45, 7) is 8.27. The number of oxazole rings is 1. The Morgan fingerprint density at radius 1 is 0.944 bits per heavy atom. The number of amides is 4. The molecule has 2 saturated heterocycles. The van der Waals surface area contributed by atoms with Crippen LogP contribution in [0.4, 0.5) is 28.9 Å². The van der Waals surface area contributed by atoms with Gasteiger partial charge in [-0.2, -0.15) is 27.8 Å². The standard InChI is InChI=1S/C49H48F4N8O9S/c1-47(2,3)41(44(65)59-25-32(62)21-38(59)43(64)56-23-28-6-8-29(9-7-28)40-42(50)57-27-70-40)58-39(63)26-69-35-16-14-34(15-17-35)68-19-18-67-33-12-10-30(11-13-33)61-46(71)60(45(66)48(61,4)5)31-20-36(49(51,52)53)37(22-54)55-24-31/h6-17,20,24,27,32,38,41,62H,18-19,21,23,25-26H2,1-5H3,(H,56,64)(H,58,63)/t32-,38+,41-/m1/s1. The number of nitrogens with one attached hydrogen (secondary N) is 2. The van der Waals surface area contributed by atoms with E-state index < -0.39 is 82.8 Å². The van der Waals surface area contributed by atoms with E-state index in [-0.39, 0.29) is 49.3 Å². The Hall–Kier alpha value is -7.64. The van der Waals surface area contributed by atoms with Crippen molar-refractivity contribution in [3.8, 4) is 34.6 Å². The first-order valence-corrected chi connectivity index (χ1v) is 22.5. The summed E-state index contributed by atoms with van der Waals surface area (Å²) in [5.74, 6) is -1.70. The van der Waals surface area contributed by atoms with E-state index in [1.807, 2.05) is 0 Å². The number of aliphatic hydroxyl groups is 1. The second kappa shape index (κ2) is 20.8. The number of alkyl halides is 3. The fourth-order valence-electron chi connectivity index (χ4n) is 7.95. The highest BCUT2D eigenvalue weighted by Gasteiger charge is 2.51. The van der Waals surface area contributed by atoms with E-state index in [1.54, 1.807) is 107 Å². The monoisotopic (exact) mass is 1000 g/mol.